The summed E-state index contributed by atoms with van der Waals surface area (Å²) in [6, 6.07) is 10.4. The van der Waals surface area contributed by atoms with Crippen LogP contribution in [0, 0.1) is 0 Å². The molecule has 1 aliphatic carbocycles. The fourth-order valence-electron chi connectivity index (χ4n) is 2.21. The number of hydrogen-bond donors (Lipinski definition) is 2. The Labute approximate surface area is 127 Å². The zero-order valence-electron chi connectivity index (χ0n) is 12.7. The minimum Gasteiger partial charge on any atom is -0.494 e. The third-order valence-corrected chi connectivity index (χ3v) is 3.28. The van der Waals surface area contributed by atoms with Gasteiger partial charge in [-0.2, -0.15) is 0 Å². The Morgan fingerprint density at radius 2 is 2.00 bits per heavy atom. The normalized spacial score (nSPS) is 15.2. The molecule has 0 fully saturated rings. The fourth-order valence-corrected chi connectivity index (χ4v) is 2.21. The van der Waals surface area contributed by atoms with Crippen molar-refractivity contribution in [2.75, 3.05) is 19.7 Å². The molecule has 4 nitrogen and oxygen atoms in total. The molecule has 4 heteroatoms. The van der Waals surface area contributed by atoms with Gasteiger partial charge >= 0.3 is 0 Å². The van der Waals surface area contributed by atoms with Crippen LogP contribution >= 0.6 is 0 Å². The van der Waals surface area contributed by atoms with E-state index in [4.69, 9.17) is 4.74 Å². The highest BCUT2D eigenvalue weighted by atomic mass is 16.5. The second kappa shape index (κ2) is 9.06. The zero-order valence-corrected chi connectivity index (χ0v) is 12.7. The molecular weight excluding hydrogens is 262 g/mol. The van der Waals surface area contributed by atoms with Gasteiger partial charge in [0.05, 0.1) is 6.61 Å². The van der Waals surface area contributed by atoms with Crippen LogP contribution < -0.4 is 15.4 Å². The van der Waals surface area contributed by atoms with E-state index < -0.39 is 0 Å². The second-order valence-corrected chi connectivity index (χ2v) is 5.06. The van der Waals surface area contributed by atoms with Crippen LogP contribution in [0.25, 0.3) is 0 Å². The molecular formula is C17H25N3O. The van der Waals surface area contributed by atoms with Crippen molar-refractivity contribution in [3.05, 3.63) is 42.5 Å². The second-order valence-electron chi connectivity index (χ2n) is 5.06. The highest BCUT2D eigenvalue weighted by molar-refractivity contribution is 5.80. The van der Waals surface area contributed by atoms with E-state index in [1.807, 2.05) is 30.3 Å². The number of nitrogens with zero attached hydrogens (tertiary/aromatic N) is 1. The minimum absolute atomic E-state index is 0.489. The topological polar surface area (TPSA) is 45.7 Å². The maximum atomic E-state index is 5.66. The summed E-state index contributed by atoms with van der Waals surface area (Å²) in [5.74, 6) is 1.83. The SMILES string of the molecule is CCNC(=NCCCOc1ccccc1)NC1CC=CC1. The lowest BCUT2D eigenvalue weighted by molar-refractivity contribution is 0.313. The van der Waals surface area contributed by atoms with Gasteiger partial charge < -0.3 is 15.4 Å². The summed E-state index contributed by atoms with van der Waals surface area (Å²) in [6.45, 7) is 4.43. The fraction of sp³-hybridized carbons (Fsp3) is 0.471. The molecule has 0 amide bonds. The van der Waals surface area contributed by atoms with Crippen molar-refractivity contribution in [2.24, 2.45) is 4.99 Å². The lowest BCUT2D eigenvalue weighted by Gasteiger charge is -2.16. The van der Waals surface area contributed by atoms with Crippen LogP contribution in [-0.4, -0.2) is 31.7 Å². The summed E-state index contributed by atoms with van der Waals surface area (Å²) in [6.07, 6.45) is 7.52. The quantitative estimate of drug-likeness (QED) is 0.351. The molecule has 0 aromatic heterocycles. The lowest BCUT2D eigenvalue weighted by atomic mass is 10.2. The van der Waals surface area contributed by atoms with Gasteiger partial charge in [-0.15, -0.1) is 0 Å². The molecule has 2 rings (SSSR count). The van der Waals surface area contributed by atoms with Crippen molar-refractivity contribution >= 4 is 5.96 Å². The molecule has 0 unspecified atom stereocenters. The van der Waals surface area contributed by atoms with Crippen LogP contribution in [0.4, 0.5) is 0 Å². The van der Waals surface area contributed by atoms with Crippen LogP contribution in [0.2, 0.25) is 0 Å². The maximum absolute atomic E-state index is 5.66. The highest BCUT2D eigenvalue weighted by Gasteiger charge is 2.11. The Morgan fingerprint density at radius 1 is 1.24 bits per heavy atom. The molecule has 114 valence electrons. The molecule has 21 heavy (non-hydrogen) atoms. The number of hydrogen-bond acceptors (Lipinski definition) is 2. The molecule has 1 aromatic carbocycles. The van der Waals surface area contributed by atoms with Gasteiger partial charge in [-0.3, -0.25) is 4.99 Å². The van der Waals surface area contributed by atoms with Crippen molar-refractivity contribution in [1.82, 2.24) is 10.6 Å². The van der Waals surface area contributed by atoms with Crippen LogP contribution in [0.15, 0.2) is 47.5 Å². The first-order chi connectivity index (χ1) is 10.4. The van der Waals surface area contributed by atoms with Crippen molar-refractivity contribution in [3.8, 4) is 5.75 Å². The number of guanidine groups is 1. The number of aliphatic imine (C=N–C) groups is 1. The van der Waals surface area contributed by atoms with Crippen molar-refractivity contribution in [3.63, 3.8) is 0 Å². The molecule has 1 aromatic rings. The van der Waals surface area contributed by atoms with Crippen molar-refractivity contribution in [1.29, 1.82) is 0 Å². The molecule has 1 aliphatic rings. The zero-order chi connectivity index (χ0) is 14.8. The summed E-state index contributed by atoms with van der Waals surface area (Å²) in [5.41, 5.74) is 0. The van der Waals surface area contributed by atoms with Gasteiger partial charge in [0, 0.05) is 25.6 Å². The molecule has 0 spiro atoms. The number of ether oxygens (including phenoxy) is 1. The first-order valence-corrected chi connectivity index (χ1v) is 7.76. The monoisotopic (exact) mass is 287 g/mol. The standard InChI is InChI=1S/C17H25N3O/c1-2-18-17(20-15-9-6-7-10-15)19-13-8-14-21-16-11-4-3-5-12-16/h3-7,11-12,15H,2,8-10,13-14H2,1H3,(H2,18,19,20). The van der Waals surface area contributed by atoms with Crippen LogP contribution in [0.5, 0.6) is 5.75 Å². The van der Waals surface area contributed by atoms with Crippen molar-refractivity contribution < 1.29 is 4.74 Å². The molecule has 0 radical (unpaired) electrons. The van der Waals surface area contributed by atoms with Gasteiger partial charge in [0.25, 0.3) is 0 Å². The van der Waals surface area contributed by atoms with E-state index in [0.29, 0.717) is 12.6 Å². The molecule has 0 saturated carbocycles. The summed E-state index contributed by atoms with van der Waals surface area (Å²) < 4.78 is 5.66. The van der Waals surface area contributed by atoms with Gasteiger partial charge in [-0.05, 0) is 31.9 Å². The average molecular weight is 287 g/mol. The predicted octanol–water partition coefficient (Wildman–Crippen LogP) is 2.73. The van der Waals surface area contributed by atoms with Crippen LogP contribution in [-0.2, 0) is 0 Å². The summed E-state index contributed by atoms with van der Waals surface area (Å²) >= 11 is 0. The molecule has 0 saturated heterocycles. The van der Waals surface area contributed by atoms with Gasteiger partial charge in [0.1, 0.15) is 5.75 Å². The van der Waals surface area contributed by atoms with Crippen molar-refractivity contribution in [2.45, 2.75) is 32.2 Å². The first-order valence-electron chi connectivity index (χ1n) is 7.76. The largest absolute Gasteiger partial charge is 0.494 e. The van der Waals surface area contributed by atoms with E-state index in [2.05, 4.69) is 34.7 Å². The average Bonchev–Trinajstić information content (AvgIpc) is 3.01. The predicted molar refractivity (Wildman–Crippen MR) is 87.8 cm³/mol. The Bertz CT molecular complexity index is 448. The van der Waals surface area contributed by atoms with Crippen LogP contribution in [0.3, 0.4) is 0 Å². The summed E-state index contributed by atoms with van der Waals surface area (Å²) in [7, 11) is 0. The number of benzene rings is 1. The van der Waals surface area contributed by atoms with E-state index in [1.54, 1.807) is 0 Å². The summed E-state index contributed by atoms with van der Waals surface area (Å²) in [4.78, 5) is 4.59. The van der Waals surface area contributed by atoms with E-state index in [9.17, 15) is 0 Å². The van der Waals surface area contributed by atoms with Gasteiger partial charge in [-0.1, -0.05) is 30.4 Å². The molecule has 0 heterocycles. The molecule has 0 aliphatic heterocycles. The Kier molecular flexibility index (Phi) is 6.65. The Balaban J connectivity index is 1.67. The minimum atomic E-state index is 0.489. The van der Waals surface area contributed by atoms with E-state index in [-0.39, 0.29) is 0 Å². The van der Waals surface area contributed by atoms with E-state index >= 15 is 0 Å². The Hall–Kier alpha value is -1.97. The maximum Gasteiger partial charge on any atom is 0.191 e. The van der Waals surface area contributed by atoms with Gasteiger partial charge in [0.15, 0.2) is 5.96 Å². The van der Waals surface area contributed by atoms with Crippen LogP contribution in [0.1, 0.15) is 26.2 Å². The third kappa shape index (κ3) is 5.90. The summed E-state index contributed by atoms with van der Waals surface area (Å²) in [5, 5.41) is 6.75. The smallest absolute Gasteiger partial charge is 0.191 e. The number of para-hydroxylation sites is 1. The van der Waals surface area contributed by atoms with E-state index in [1.165, 1.54) is 0 Å². The number of rotatable bonds is 7. The molecule has 0 atom stereocenters. The Morgan fingerprint density at radius 3 is 2.71 bits per heavy atom. The molecule has 2 N–H and O–H groups in total. The van der Waals surface area contributed by atoms with Gasteiger partial charge in [-0.25, -0.2) is 0 Å². The van der Waals surface area contributed by atoms with E-state index in [0.717, 1.165) is 44.1 Å². The number of nitrogens with one attached hydrogen (secondary N) is 2. The highest BCUT2D eigenvalue weighted by Crippen LogP contribution is 2.09. The third-order valence-electron chi connectivity index (χ3n) is 3.28. The lowest BCUT2D eigenvalue weighted by Crippen LogP contribution is -2.42. The first kappa shape index (κ1) is 15.4. The van der Waals surface area contributed by atoms with Gasteiger partial charge in [0.2, 0.25) is 0 Å². The molecule has 0 bridgehead atoms.